The van der Waals surface area contributed by atoms with Gasteiger partial charge in [-0.25, -0.2) is 0 Å². The number of methoxy groups -OCH3 is 1. The summed E-state index contributed by atoms with van der Waals surface area (Å²) in [6.07, 6.45) is 3.05. The fourth-order valence-electron chi connectivity index (χ4n) is 3.16. The summed E-state index contributed by atoms with van der Waals surface area (Å²) in [5.74, 6) is 0.583. The predicted octanol–water partition coefficient (Wildman–Crippen LogP) is 2.80. The largest absolute Gasteiger partial charge is 0.497 e. The summed E-state index contributed by atoms with van der Waals surface area (Å²) in [5.41, 5.74) is -0.437. The molecule has 1 aliphatic rings. The number of fused-ring (bicyclic) bond motifs is 1. The molecule has 0 saturated heterocycles. The monoisotopic (exact) mass is 397 g/mol. The summed E-state index contributed by atoms with van der Waals surface area (Å²) in [6.45, 7) is 7.72. The van der Waals surface area contributed by atoms with Crippen LogP contribution in [0.1, 0.15) is 43.6 Å². The molecule has 7 heteroatoms. The zero-order chi connectivity index (χ0) is 21.2. The quantitative estimate of drug-likeness (QED) is 0.858. The smallest absolute Gasteiger partial charge is 0.260 e. The van der Waals surface area contributed by atoms with E-state index in [1.165, 1.54) is 6.20 Å². The maximum absolute atomic E-state index is 13.5. The molecule has 0 fully saturated rings. The van der Waals surface area contributed by atoms with E-state index in [0.717, 1.165) is 11.3 Å². The third-order valence-electron chi connectivity index (χ3n) is 4.84. The number of nitrogens with one attached hydrogen (secondary N) is 1. The molecule has 1 N–H and O–H groups in total. The minimum Gasteiger partial charge on any atom is -0.497 e. The summed E-state index contributed by atoms with van der Waals surface area (Å²) >= 11 is 0. The lowest BCUT2D eigenvalue weighted by Crippen LogP contribution is -2.63. The highest BCUT2D eigenvalue weighted by Crippen LogP contribution is 2.31. The van der Waals surface area contributed by atoms with Crippen LogP contribution in [0.4, 0.5) is 0 Å². The maximum Gasteiger partial charge on any atom is 0.260 e. The predicted molar refractivity (Wildman–Crippen MR) is 109 cm³/mol. The highest BCUT2D eigenvalue weighted by Gasteiger charge is 2.47. The Bertz CT molecular complexity index is 905. The first-order valence-electron chi connectivity index (χ1n) is 9.48. The minimum atomic E-state index is -1.21. The number of benzene rings is 1. The van der Waals surface area contributed by atoms with Crippen molar-refractivity contribution < 1.29 is 19.1 Å². The third kappa shape index (κ3) is 4.34. The van der Waals surface area contributed by atoms with Crippen molar-refractivity contribution in [2.45, 2.75) is 45.3 Å². The molecule has 1 atom stereocenters. The maximum atomic E-state index is 13.5. The van der Waals surface area contributed by atoms with E-state index in [1.807, 2.05) is 45.0 Å². The highest BCUT2D eigenvalue weighted by atomic mass is 16.5. The van der Waals surface area contributed by atoms with E-state index < -0.39 is 11.1 Å². The Hall–Kier alpha value is -3.09. The Morgan fingerprint density at radius 2 is 1.97 bits per heavy atom. The molecule has 2 heterocycles. The van der Waals surface area contributed by atoms with Crippen LogP contribution in [0.2, 0.25) is 0 Å². The molecule has 0 radical (unpaired) electrons. The number of hydrogen-bond donors (Lipinski definition) is 1. The zero-order valence-corrected chi connectivity index (χ0v) is 17.5. The Morgan fingerprint density at radius 1 is 1.28 bits per heavy atom. The van der Waals surface area contributed by atoms with E-state index in [1.54, 1.807) is 31.2 Å². The van der Waals surface area contributed by atoms with Gasteiger partial charge in [-0.15, -0.1) is 0 Å². The van der Waals surface area contributed by atoms with Crippen LogP contribution in [0.3, 0.4) is 0 Å². The summed E-state index contributed by atoms with van der Waals surface area (Å²) < 4.78 is 11.1. The van der Waals surface area contributed by atoms with Gasteiger partial charge in [0, 0.05) is 24.5 Å². The Kier molecular flexibility index (Phi) is 5.50. The van der Waals surface area contributed by atoms with E-state index in [9.17, 15) is 9.59 Å². The average molecular weight is 397 g/mol. The molecule has 29 heavy (non-hydrogen) atoms. The molecule has 1 aliphatic heterocycles. The second kappa shape index (κ2) is 7.73. The standard InChI is InChI=1S/C22H27N3O4/c1-21(2,3)24-20(27)22(4)14-29-18-10-11-23-12-17(18)19(26)25(22)13-15-6-8-16(28-5)9-7-15/h6-12H,13-14H2,1-5H3,(H,24,27). The fraction of sp³-hybridized carbons (Fsp3) is 0.409. The molecule has 0 spiro atoms. The van der Waals surface area contributed by atoms with Crippen molar-refractivity contribution in [3.8, 4) is 11.5 Å². The van der Waals surface area contributed by atoms with Crippen molar-refractivity contribution in [3.63, 3.8) is 0 Å². The highest BCUT2D eigenvalue weighted by molar-refractivity contribution is 6.01. The topological polar surface area (TPSA) is 80.8 Å². The first-order valence-corrected chi connectivity index (χ1v) is 9.48. The summed E-state index contributed by atoms with van der Waals surface area (Å²) in [7, 11) is 1.60. The average Bonchev–Trinajstić information content (AvgIpc) is 2.78. The van der Waals surface area contributed by atoms with Crippen LogP contribution in [0.15, 0.2) is 42.7 Å². The second-order valence-corrected chi connectivity index (χ2v) is 8.38. The Labute approximate surface area is 171 Å². The van der Waals surface area contributed by atoms with Gasteiger partial charge < -0.3 is 19.7 Å². The Balaban J connectivity index is 2.02. The van der Waals surface area contributed by atoms with Gasteiger partial charge in [-0.3, -0.25) is 14.6 Å². The number of nitrogens with zero attached hydrogens (tertiary/aromatic N) is 2. The number of amides is 2. The molecule has 3 rings (SSSR count). The molecule has 1 aromatic carbocycles. The molecule has 0 aliphatic carbocycles. The molecule has 0 bridgehead atoms. The lowest BCUT2D eigenvalue weighted by atomic mass is 9.95. The number of hydrogen-bond acceptors (Lipinski definition) is 5. The number of aromatic nitrogens is 1. The Morgan fingerprint density at radius 3 is 2.59 bits per heavy atom. The number of carbonyl (C=O) groups is 2. The lowest BCUT2D eigenvalue weighted by Gasteiger charge is -2.39. The number of pyridine rings is 1. The van der Waals surface area contributed by atoms with Crippen molar-refractivity contribution >= 4 is 11.8 Å². The van der Waals surface area contributed by atoms with Crippen LogP contribution >= 0.6 is 0 Å². The number of carbonyl (C=O) groups excluding carboxylic acids is 2. The van der Waals surface area contributed by atoms with Crippen LogP contribution < -0.4 is 14.8 Å². The first-order chi connectivity index (χ1) is 13.6. The third-order valence-corrected chi connectivity index (χ3v) is 4.84. The summed E-state index contributed by atoms with van der Waals surface area (Å²) in [4.78, 5) is 32.3. The molecular formula is C22H27N3O4. The molecule has 0 saturated carbocycles. The van der Waals surface area contributed by atoms with Crippen LogP contribution in [0.25, 0.3) is 0 Å². The van der Waals surface area contributed by atoms with E-state index in [0.29, 0.717) is 11.3 Å². The number of rotatable bonds is 4. The minimum absolute atomic E-state index is 0.0355. The second-order valence-electron chi connectivity index (χ2n) is 8.38. The molecule has 154 valence electrons. The van der Waals surface area contributed by atoms with Gasteiger partial charge in [0.2, 0.25) is 5.91 Å². The molecule has 1 unspecified atom stereocenters. The normalized spacial score (nSPS) is 19.1. The fourth-order valence-corrected chi connectivity index (χ4v) is 3.16. The lowest BCUT2D eigenvalue weighted by molar-refractivity contribution is -0.134. The van der Waals surface area contributed by atoms with Crippen molar-refractivity contribution in [2.24, 2.45) is 0 Å². The molecule has 2 aromatic rings. The number of ether oxygens (including phenoxy) is 2. The molecule has 1 aromatic heterocycles. The van der Waals surface area contributed by atoms with Crippen molar-refractivity contribution in [1.82, 2.24) is 15.2 Å². The van der Waals surface area contributed by atoms with Gasteiger partial charge >= 0.3 is 0 Å². The molecule has 7 nitrogen and oxygen atoms in total. The van der Waals surface area contributed by atoms with Gasteiger partial charge in [-0.1, -0.05) is 12.1 Å². The van der Waals surface area contributed by atoms with Crippen LogP contribution in [-0.2, 0) is 11.3 Å². The summed E-state index contributed by atoms with van der Waals surface area (Å²) in [5, 5.41) is 2.99. The van der Waals surface area contributed by atoms with E-state index in [2.05, 4.69) is 10.3 Å². The van der Waals surface area contributed by atoms with Crippen LogP contribution in [0, 0.1) is 0 Å². The summed E-state index contributed by atoms with van der Waals surface area (Å²) in [6, 6.07) is 9.06. The SMILES string of the molecule is COc1ccc(CN2C(=O)c3cnccc3OCC2(C)C(=O)NC(C)(C)C)cc1. The molecular weight excluding hydrogens is 370 g/mol. The van der Waals surface area contributed by atoms with E-state index in [-0.39, 0.29) is 25.0 Å². The van der Waals surface area contributed by atoms with Gasteiger partial charge in [0.15, 0.2) is 5.54 Å². The van der Waals surface area contributed by atoms with Gasteiger partial charge in [-0.05, 0) is 51.5 Å². The molecule has 2 amide bonds. The van der Waals surface area contributed by atoms with Gasteiger partial charge in [0.05, 0.1) is 12.7 Å². The van der Waals surface area contributed by atoms with Gasteiger partial charge in [0.25, 0.3) is 5.91 Å². The van der Waals surface area contributed by atoms with Crippen molar-refractivity contribution in [1.29, 1.82) is 0 Å². The van der Waals surface area contributed by atoms with Crippen LogP contribution in [0.5, 0.6) is 11.5 Å². The van der Waals surface area contributed by atoms with Crippen molar-refractivity contribution in [3.05, 3.63) is 53.9 Å². The van der Waals surface area contributed by atoms with Gasteiger partial charge in [-0.2, -0.15) is 0 Å². The first kappa shape index (κ1) is 20.6. The van der Waals surface area contributed by atoms with Crippen LogP contribution in [-0.4, -0.2) is 46.5 Å². The van der Waals surface area contributed by atoms with E-state index >= 15 is 0 Å². The van der Waals surface area contributed by atoms with E-state index in [4.69, 9.17) is 9.47 Å². The zero-order valence-electron chi connectivity index (χ0n) is 17.5. The van der Waals surface area contributed by atoms with Crippen molar-refractivity contribution in [2.75, 3.05) is 13.7 Å². The van der Waals surface area contributed by atoms with Gasteiger partial charge in [0.1, 0.15) is 18.1 Å².